The summed E-state index contributed by atoms with van der Waals surface area (Å²) >= 11 is 1.82. The lowest BCUT2D eigenvalue weighted by molar-refractivity contribution is -0.258. The highest BCUT2D eigenvalue weighted by Crippen LogP contribution is 2.53. The van der Waals surface area contributed by atoms with Crippen LogP contribution >= 0.6 is 11.8 Å². The Morgan fingerprint density at radius 2 is 1.70 bits per heavy atom. The molecule has 0 saturated carbocycles. The number of phenolic OH excluding ortho intramolecular Hbond substituents is 1. The van der Waals surface area contributed by atoms with E-state index in [2.05, 4.69) is 31.5 Å². The number of aromatic hydroxyl groups is 1. The molecular formula is C40H49F3N6O14S. The van der Waals surface area contributed by atoms with E-state index in [-0.39, 0.29) is 86.2 Å². The Morgan fingerprint density at radius 1 is 0.984 bits per heavy atom. The zero-order chi connectivity index (χ0) is 46.0. The van der Waals surface area contributed by atoms with Gasteiger partial charge in [0.05, 0.1) is 50.7 Å². The molecule has 0 spiro atoms. The van der Waals surface area contributed by atoms with Gasteiger partial charge in [0.1, 0.15) is 42.5 Å². The third-order valence-corrected chi connectivity index (χ3v) is 12.2. The average molecular weight is 927 g/mol. The van der Waals surface area contributed by atoms with Gasteiger partial charge in [0.15, 0.2) is 0 Å². The second kappa shape index (κ2) is 21.6. The molecule has 64 heavy (non-hydrogen) atoms. The van der Waals surface area contributed by atoms with Crippen molar-refractivity contribution >= 4 is 41.7 Å². The van der Waals surface area contributed by atoms with Crippen LogP contribution in [0.4, 0.5) is 18.0 Å². The van der Waals surface area contributed by atoms with Crippen molar-refractivity contribution in [2.45, 2.75) is 85.5 Å². The highest BCUT2D eigenvalue weighted by atomic mass is 32.2. The first kappa shape index (κ1) is 48.2. The molecule has 0 aliphatic carbocycles. The van der Waals surface area contributed by atoms with Gasteiger partial charge in [-0.2, -0.15) is 24.9 Å². The molecule has 350 valence electrons. The number of carboxylic acids is 1. The van der Waals surface area contributed by atoms with Gasteiger partial charge >= 0.3 is 23.8 Å². The molecule has 2 aromatic rings. The van der Waals surface area contributed by atoms with Gasteiger partial charge in [-0.1, -0.05) is 24.6 Å². The van der Waals surface area contributed by atoms with E-state index in [4.69, 9.17) is 23.7 Å². The molecule has 4 aliphatic rings. The van der Waals surface area contributed by atoms with Gasteiger partial charge in [-0.25, -0.2) is 9.59 Å². The number of aliphatic hydroxyl groups is 3. The van der Waals surface area contributed by atoms with Gasteiger partial charge < -0.3 is 70.5 Å². The van der Waals surface area contributed by atoms with Crippen LogP contribution in [0.3, 0.4) is 0 Å². The topological polar surface area (TPSA) is 288 Å². The highest BCUT2D eigenvalue weighted by molar-refractivity contribution is 8.00. The van der Waals surface area contributed by atoms with Crippen molar-refractivity contribution in [1.29, 1.82) is 0 Å². The maximum absolute atomic E-state index is 14.0. The van der Waals surface area contributed by atoms with Crippen LogP contribution in [0.25, 0.3) is 6.08 Å². The maximum atomic E-state index is 14.0. The molecule has 24 heteroatoms. The van der Waals surface area contributed by atoms with E-state index in [0.29, 0.717) is 18.1 Å². The molecule has 0 aromatic heterocycles. The van der Waals surface area contributed by atoms with E-state index in [9.17, 15) is 57.9 Å². The number of carbonyl (C=O) groups excluding carboxylic acids is 3. The van der Waals surface area contributed by atoms with Crippen molar-refractivity contribution in [3.63, 3.8) is 0 Å². The predicted octanol–water partition coefficient (Wildman–Crippen LogP) is 1.51. The minimum atomic E-state index is -4.92. The summed E-state index contributed by atoms with van der Waals surface area (Å²) in [4.78, 5) is 49.8. The van der Waals surface area contributed by atoms with Crippen molar-refractivity contribution in [1.82, 2.24) is 21.3 Å². The van der Waals surface area contributed by atoms with Crippen LogP contribution < -0.4 is 26.0 Å². The number of hydrogen-bond donors (Lipinski definition) is 9. The summed E-state index contributed by atoms with van der Waals surface area (Å²) in [7, 11) is 0. The minimum Gasteiger partial charge on any atom is -0.508 e. The van der Waals surface area contributed by atoms with Crippen LogP contribution in [-0.4, -0.2) is 155 Å². The number of unbranched alkanes of at least 4 members (excludes halogenated alkanes) is 1. The van der Waals surface area contributed by atoms with Gasteiger partial charge in [0, 0.05) is 29.5 Å². The number of hydrogen-bond acceptors (Lipinski definition) is 16. The summed E-state index contributed by atoms with van der Waals surface area (Å²) in [6.07, 6.45) is -8.14. The molecule has 3 saturated heterocycles. The Balaban J connectivity index is 0.990. The molecule has 0 bridgehead atoms. The SMILES string of the molecule is O=C(CCCC[C@@H]1SC[C@@H]2NC(=O)N[C@@H]21)NCCOCCOCCOc1cc(C2(C(F)(F)F)N=N2)ccc1C(=O)N[C@H]1[C@H](O/C(=C\c2ccc(O)cc2)C(=O)O)O[C@H](CO)[C@H](O)[C@@H]1O. The molecule has 9 N–H and O–H groups in total. The lowest BCUT2D eigenvalue weighted by Crippen LogP contribution is -2.64. The number of urea groups is 1. The molecule has 2 aromatic carbocycles. The highest BCUT2D eigenvalue weighted by Gasteiger charge is 2.65. The molecule has 20 nitrogen and oxygen atoms in total. The monoisotopic (exact) mass is 926 g/mol. The number of amides is 4. The largest absolute Gasteiger partial charge is 0.508 e. The number of carboxylic acid groups (broad SMARTS) is 1. The smallest absolute Gasteiger partial charge is 0.442 e. The van der Waals surface area contributed by atoms with Crippen molar-refractivity contribution in [2.24, 2.45) is 10.2 Å². The van der Waals surface area contributed by atoms with Crippen LogP contribution in [0, 0.1) is 0 Å². The fraction of sp³-hybridized carbons (Fsp3) is 0.550. The zero-order valence-corrected chi connectivity index (χ0v) is 34.9. The van der Waals surface area contributed by atoms with Crippen LogP contribution in [0.2, 0.25) is 0 Å². The molecule has 4 amide bonds. The van der Waals surface area contributed by atoms with Crippen LogP contribution in [0.5, 0.6) is 11.5 Å². The van der Waals surface area contributed by atoms with Gasteiger partial charge in [0.25, 0.3) is 5.91 Å². The number of alkyl halides is 3. The first-order valence-electron chi connectivity index (χ1n) is 20.3. The van der Waals surface area contributed by atoms with Gasteiger partial charge in [0.2, 0.25) is 18.0 Å². The minimum absolute atomic E-state index is 0.0777. The number of phenols is 1. The predicted molar refractivity (Wildman–Crippen MR) is 217 cm³/mol. The Morgan fingerprint density at radius 3 is 2.39 bits per heavy atom. The Hall–Kier alpha value is -5.24. The number of nitrogens with zero attached hydrogens (tertiary/aromatic N) is 2. The number of rotatable bonds is 23. The maximum Gasteiger partial charge on any atom is 0.442 e. The van der Waals surface area contributed by atoms with E-state index < -0.39 is 72.3 Å². The third-order valence-electron chi connectivity index (χ3n) is 10.7. The van der Waals surface area contributed by atoms with Crippen molar-refractivity contribution in [3.8, 4) is 11.5 Å². The van der Waals surface area contributed by atoms with Gasteiger partial charge in [-0.3, -0.25) is 9.59 Å². The standard InChI is InChI=1S/C40H49F3N6O14S/c41-40(42,43)39(48-49-39)22-7-10-24(35(55)46-32-34(54)33(53)28(19-50)63-37(32)62-27(36(56)57)17-21-5-8-23(51)9-6-21)26(18-22)61-16-15-60-14-13-59-12-11-44-30(52)4-2-1-3-29-31-25(20-64-29)45-38(58)47-31/h5-10,17-18,25,28-29,31-34,37,50-51,53-54H,1-4,11-16,19-20H2,(H,44,52)(H,46,55)(H,56,57)(H2,45,47,58)/b27-17-/t25-,28+,29-,31-,32+,33-,34+,37+/m0/s1. The van der Waals surface area contributed by atoms with Crippen LogP contribution in [-0.2, 0) is 34.2 Å². The van der Waals surface area contributed by atoms with Gasteiger partial charge in [-0.05, 0) is 48.7 Å². The summed E-state index contributed by atoms with van der Waals surface area (Å²) in [6, 6.07) is 6.57. The zero-order valence-electron chi connectivity index (χ0n) is 34.1. The summed E-state index contributed by atoms with van der Waals surface area (Å²) in [5.41, 5.74) is -3.46. The lowest BCUT2D eigenvalue weighted by Gasteiger charge is -2.42. The van der Waals surface area contributed by atoms with Crippen LogP contribution in [0.1, 0.15) is 47.2 Å². The molecule has 0 unspecified atom stereocenters. The van der Waals surface area contributed by atoms with Crippen molar-refractivity contribution in [2.75, 3.05) is 51.9 Å². The Kier molecular flexibility index (Phi) is 16.3. The molecule has 3 fully saturated rings. The fourth-order valence-corrected chi connectivity index (χ4v) is 8.75. The molecule has 4 heterocycles. The molecule has 0 radical (unpaired) electrons. The molecular weight excluding hydrogens is 878 g/mol. The van der Waals surface area contributed by atoms with E-state index in [1.54, 1.807) is 0 Å². The van der Waals surface area contributed by atoms with Crippen LogP contribution in [0.15, 0.2) is 58.5 Å². The number of nitrogens with one attached hydrogen (secondary N) is 4. The average Bonchev–Trinajstić information content (AvgIpc) is 3.90. The summed E-state index contributed by atoms with van der Waals surface area (Å²) < 4.78 is 69.7. The lowest BCUT2D eigenvalue weighted by atomic mass is 9.96. The Labute approximate surface area is 367 Å². The quantitative estimate of drug-likeness (QED) is 0.0331. The normalized spacial score (nSPS) is 25.8. The third kappa shape index (κ3) is 12.1. The summed E-state index contributed by atoms with van der Waals surface area (Å²) in [5, 5.41) is 68.7. The number of halogens is 3. The first-order chi connectivity index (χ1) is 30.6. The van der Waals surface area contributed by atoms with E-state index in [0.717, 1.165) is 42.9 Å². The number of aliphatic carboxylic acids is 1. The van der Waals surface area contributed by atoms with E-state index in [1.807, 2.05) is 11.8 Å². The Bertz CT molecular complexity index is 2020. The second-order valence-electron chi connectivity index (χ2n) is 15.1. The summed E-state index contributed by atoms with van der Waals surface area (Å²) in [6.45, 7) is -0.547. The fourth-order valence-electron chi connectivity index (χ4n) is 7.20. The second-order valence-corrected chi connectivity index (χ2v) is 16.4. The van der Waals surface area contributed by atoms with Crippen molar-refractivity contribution < 1.29 is 81.6 Å². The van der Waals surface area contributed by atoms with Gasteiger partial charge in [-0.15, -0.1) is 10.2 Å². The number of carbonyl (C=O) groups is 4. The first-order valence-corrected chi connectivity index (χ1v) is 21.4. The number of thioether (sulfide) groups is 1. The molecule has 6 rings (SSSR count). The summed E-state index contributed by atoms with van der Waals surface area (Å²) in [5.74, 6) is -3.17. The molecule has 8 atom stereocenters. The number of aliphatic hydroxyl groups excluding tert-OH is 3. The molecule has 4 aliphatic heterocycles. The number of ether oxygens (including phenoxy) is 5. The van der Waals surface area contributed by atoms with E-state index in [1.165, 1.54) is 24.3 Å². The number of benzene rings is 2. The van der Waals surface area contributed by atoms with Crippen molar-refractivity contribution in [3.05, 3.63) is 64.9 Å². The van der Waals surface area contributed by atoms with E-state index >= 15 is 0 Å². The number of fused-ring (bicyclic) bond motifs is 1.